The molecule has 0 fully saturated rings. The van der Waals surface area contributed by atoms with Crippen LogP contribution < -0.4 is 5.73 Å². The van der Waals surface area contributed by atoms with Crippen LogP contribution in [0.5, 0.6) is 0 Å². The maximum absolute atomic E-state index is 12.5. The number of nitro groups is 1. The van der Waals surface area contributed by atoms with Gasteiger partial charge in [-0.05, 0) is 12.5 Å². The first kappa shape index (κ1) is 15.4. The molecule has 0 spiro atoms. The number of hydrogen-bond donors (Lipinski definition) is 1. The molecule has 2 N–H and O–H groups in total. The van der Waals surface area contributed by atoms with E-state index in [1.807, 2.05) is 6.92 Å². The van der Waals surface area contributed by atoms with Gasteiger partial charge in [-0.15, -0.1) is 0 Å². The number of benzene rings is 1. The largest absolute Gasteiger partial charge is 0.416 e. The molecule has 0 radical (unpaired) electrons. The van der Waals surface area contributed by atoms with E-state index in [-0.39, 0.29) is 17.5 Å². The molecule has 0 amide bonds. The summed E-state index contributed by atoms with van der Waals surface area (Å²) < 4.78 is 37.6. The Balaban J connectivity index is 3.31. The molecule has 2 atom stereocenters. The van der Waals surface area contributed by atoms with Crippen LogP contribution in [-0.2, 0) is 6.18 Å². The lowest BCUT2D eigenvalue weighted by molar-refractivity contribution is -0.386. The van der Waals surface area contributed by atoms with Crippen LogP contribution in [-0.4, -0.2) is 11.0 Å². The lowest BCUT2D eigenvalue weighted by atomic mass is 9.90. The van der Waals surface area contributed by atoms with Crippen molar-refractivity contribution in [2.24, 2.45) is 5.73 Å². The van der Waals surface area contributed by atoms with Crippen molar-refractivity contribution in [3.8, 4) is 0 Å². The van der Waals surface area contributed by atoms with Gasteiger partial charge in [0.15, 0.2) is 0 Å². The Morgan fingerprint density at radius 3 is 2.42 bits per heavy atom. The van der Waals surface area contributed by atoms with E-state index >= 15 is 0 Å². The van der Waals surface area contributed by atoms with Gasteiger partial charge in [0, 0.05) is 23.6 Å². The predicted molar refractivity (Wildman–Crippen MR) is 64.8 cm³/mol. The van der Waals surface area contributed by atoms with Crippen LogP contribution in [0, 0.1) is 10.1 Å². The first-order valence-electron chi connectivity index (χ1n) is 5.79. The Bertz CT molecular complexity index is 475. The summed E-state index contributed by atoms with van der Waals surface area (Å²) in [6.07, 6.45) is -4.02. The molecule has 19 heavy (non-hydrogen) atoms. The first-order chi connectivity index (χ1) is 8.68. The Kier molecular flexibility index (Phi) is 4.52. The van der Waals surface area contributed by atoms with Gasteiger partial charge in [0.25, 0.3) is 5.69 Å². The van der Waals surface area contributed by atoms with Crippen LogP contribution in [0.15, 0.2) is 18.2 Å². The lowest BCUT2D eigenvalue weighted by Gasteiger charge is -2.19. The molecule has 0 saturated carbocycles. The minimum atomic E-state index is -4.60. The predicted octanol–water partition coefficient (Wildman–Crippen LogP) is 3.45. The molecule has 0 heterocycles. The van der Waals surface area contributed by atoms with E-state index in [9.17, 15) is 23.3 Å². The second-order valence-corrected chi connectivity index (χ2v) is 4.39. The summed E-state index contributed by atoms with van der Waals surface area (Å²) in [5, 5.41) is 10.9. The van der Waals surface area contributed by atoms with E-state index in [0.717, 1.165) is 12.1 Å². The Labute approximate surface area is 108 Å². The van der Waals surface area contributed by atoms with Crippen LogP contribution in [0.2, 0.25) is 0 Å². The summed E-state index contributed by atoms with van der Waals surface area (Å²) in [6.45, 7) is 3.49. The number of hydrogen-bond acceptors (Lipinski definition) is 3. The monoisotopic (exact) mass is 276 g/mol. The van der Waals surface area contributed by atoms with E-state index in [0.29, 0.717) is 12.5 Å². The van der Waals surface area contributed by atoms with Gasteiger partial charge in [0.05, 0.1) is 10.5 Å². The number of nitrogens with zero attached hydrogens (tertiary/aromatic N) is 1. The number of nitro benzene ring substituents is 1. The summed E-state index contributed by atoms with van der Waals surface area (Å²) in [6, 6.07) is 2.21. The van der Waals surface area contributed by atoms with E-state index in [2.05, 4.69) is 0 Å². The molecule has 1 aromatic rings. The maximum atomic E-state index is 12.5. The SMILES string of the molecule is CCC(N)C(C)c1ccc(C(F)(F)F)cc1[N+](=O)[O-]. The zero-order valence-corrected chi connectivity index (χ0v) is 10.6. The molecule has 106 valence electrons. The van der Waals surface area contributed by atoms with E-state index in [4.69, 9.17) is 5.73 Å². The van der Waals surface area contributed by atoms with Crippen LogP contribution >= 0.6 is 0 Å². The second kappa shape index (κ2) is 5.56. The van der Waals surface area contributed by atoms with E-state index in [1.54, 1.807) is 6.92 Å². The van der Waals surface area contributed by atoms with Gasteiger partial charge >= 0.3 is 6.18 Å². The second-order valence-electron chi connectivity index (χ2n) is 4.39. The van der Waals surface area contributed by atoms with Gasteiger partial charge in [-0.3, -0.25) is 10.1 Å². The van der Waals surface area contributed by atoms with E-state index in [1.165, 1.54) is 0 Å². The third-order valence-corrected chi connectivity index (χ3v) is 3.16. The summed E-state index contributed by atoms with van der Waals surface area (Å²) in [5.74, 6) is -0.382. The molecule has 0 aliphatic heterocycles. The highest BCUT2D eigenvalue weighted by molar-refractivity contribution is 5.46. The fraction of sp³-hybridized carbons (Fsp3) is 0.500. The summed E-state index contributed by atoms with van der Waals surface area (Å²) in [7, 11) is 0. The number of rotatable bonds is 4. The zero-order valence-electron chi connectivity index (χ0n) is 10.6. The number of nitrogens with two attached hydrogens (primary N) is 1. The Hall–Kier alpha value is -1.63. The molecule has 0 bridgehead atoms. The minimum absolute atomic E-state index is 0.229. The number of alkyl halides is 3. The molecule has 1 aromatic carbocycles. The van der Waals surface area contributed by atoms with Gasteiger partial charge in [-0.2, -0.15) is 13.2 Å². The third kappa shape index (κ3) is 3.44. The lowest BCUT2D eigenvalue weighted by Crippen LogP contribution is -2.26. The van der Waals surface area contributed by atoms with E-state index < -0.39 is 22.4 Å². The maximum Gasteiger partial charge on any atom is 0.416 e. The van der Waals surface area contributed by atoms with Gasteiger partial charge in [-0.1, -0.05) is 19.9 Å². The normalized spacial score (nSPS) is 15.1. The van der Waals surface area contributed by atoms with Crippen molar-refractivity contribution in [3.63, 3.8) is 0 Å². The highest BCUT2D eigenvalue weighted by Crippen LogP contribution is 2.36. The highest BCUT2D eigenvalue weighted by atomic mass is 19.4. The van der Waals surface area contributed by atoms with Gasteiger partial charge < -0.3 is 5.73 Å². The molecule has 4 nitrogen and oxygen atoms in total. The smallest absolute Gasteiger partial charge is 0.327 e. The van der Waals surface area contributed by atoms with Crippen LogP contribution in [0.3, 0.4) is 0 Å². The van der Waals surface area contributed by atoms with Crippen molar-refractivity contribution in [2.45, 2.75) is 38.4 Å². The fourth-order valence-corrected chi connectivity index (χ4v) is 1.85. The third-order valence-electron chi connectivity index (χ3n) is 3.16. The van der Waals surface area contributed by atoms with Crippen molar-refractivity contribution in [1.29, 1.82) is 0 Å². The molecule has 0 aliphatic rings. The van der Waals surface area contributed by atoms with Gasteiger partial charge in [0.2, 0.25) is 0 Å². The van der Waals surface area contributed by atoms with Gasteiger partial charge in [0.1, 0.15) is 0 Å². The molecule has 0 saturated heterocycles. The van der Waals surface area contributed by atoms with Crippen LogP contribution in [0.1, 0.15) is 37.3 Å². The van der Waals surface area contributed by atoms with Gasteiger partial charge in [-0.25, -0.2) is 0 Å². The summed E-state index contributed by atoms with van der Waals surface area (Å²) in [4.78, 5) is 10.1. The molecule has 2 unspecified atom stereocenters. The Morgan fingerprint density at radius 1 is 1.42 bits per heavy atom. The average molecular weight is 276 g/mol. The zero-order chi connectivity index (χ0) is 14.8. The van der Waals surface area contributed by atoms with Crippen molar-refractivity contribution in [1.82, 2.24) is 0 Å². The summed E-state index contributed by atoms with van der Waals surface area (Å²) in [5.41, 5.74) is 4.46. The molecule has 7 heteroatoms. The fourth-order valence-electron chi connectivity index (χ4n) is 1.85. The summed E-state index contributed by atoms with van der Waals surface area (Å²) >= 11 is 0. The Morgan fingerprint density at radius 2 is 2.00 bits per heavy atom. The van der Waals surface area contributed by atoms with Crippen molar-refractivity contribution >= 4 is 5.69 Å². The molecular formula is C12H15F3N2O2. The average Bonchev–Trinajstić information content (AvgIpc) is 2.35. The van der Waals surface area contributed by atoms with Crippen molar-refractivity contribution in [2.75, 3.05) is 0 Å². The standard InChI is InChI=1S/C12H15F3N2O2/c1-3-10(16)7(2)9-5-4-8(12(13,14)15)6-11(9)17(18)19/h4-7,10H,3,16H2,1-2H3. The van der Waals surface area contributed by atoms with Crippen molar-refractivity contribution in [3.05, 3.63) is 39.4 Å². The topological polar surface area (TPSA) is 69.2 Å². The first-order valence-corrected chi connectivity index (χ1v) is 5.79. The molecular weight excluding hydrogens is 261 g/mol. The molecule has 0 aliphatic carbocycles. The van der Waals surface area contributed by atoms with Crippen molar-refractivity contribution < 1.29 is 18.1 Å². The quantitative estimate of drug-likeness (QED) is 0.676. The van der Waals surface area contributed by atoms with Crippen LogP contribution in [0.4, 0.5) is 18.9 Å². The highest BCUT2D eigenvalue weighted by Gasteiger charge is 2.34. The molecule has 0 aromatic heterocycles. The minimum Gasteiger partial charge on any atom is -0.327 e. The van der Waals surface area contributed by atoms with Crippen LogP contribution in [0.25, 0.3) is 0 Å². The number of halogens is 3. The molecule has 1 rings (SSSR count).